The van der Waals surface area contributed by atoms with Gasteiger partial charge in [0.2, 0.25) is 0 Å². The number of aliphatic hydroxyl groups excluding tert-OH is 1. The Morgan fingerprint density at radius 1 is 1.46 bits per heavy atom. The Bertz CT molecular complexity index is 346. The molecule has 0 heterocycles. The van der Waals surface area contributed by atoms with Gasteiger partial charge in [-0.3, -0.25) is 0 Å². The van der Waals surface area contributed by atoms with E-state index in [1.54, 1.807) is 6.07 Å². The van der Waals surface area contributed by atoms with Gasteiger partial charge in [0.05, 0.1) is 6.07 Å². The van der Waals surface area contributed by atoms with Gasteiger partial charge in [-0.05, 0) is 11.6 Å². The van der Waals surface area contributed by atoms with Crippen molar-refractivity contribution >= 4 is 0 Å². The highest BCUT2D eigenvalue weighted by atomic mass is 19.1. The number of nitrogens with zero attached hydrogens (tertiary/aromatic N) is 1. The van der Waals surface area contributed by atoms with Gasteiger partial charge in [-0.2, -0.15) is 5.26 Å². The van der Waals surface area contributed by atoms with Gasteiger partial charge in [-0.1, -0.05) is 6.07 Å². The lowest BCUT2D eigenvalue weighted by Crippen LogP contribution is -2.08. The largest absolute Gasteiger partial charge is 0.378 e. The third kappa shape index (κ3) is 2.49. The molecule has 1 atom stereocenters. The Morgan fingerprint density at radius 3 is 2.69 bits per heavy atom. The fourth-order valence-electron chi connectivity index (χ4n) is 0.941. The molecule has 0 bridgehead atoms. The van der Waals surface area contributed by atoms with Crippen molar-refractivity contribution in [2.75, 3.05) is 0 Å². The van der Waals surface area contributed by atoms with Crippen LogP contribution >= 0.6 is 0 Å². The van der Waals surface area contributed by atoms with Crippen molar-refractivity contribution in [3.63, 3.8) is 0 Å². The van der Waals surface area contributed by atoms with Crippen molar-refractivity contribution in [2.45, 2.75) is 12.5 Å². The maximum atomic E-state index is 12.9. The second-order valence-corrected chi connectivity index (χ2v) is 2.58. The van der Waals surface area contributed by atoms with E-state index < -0.39 is 17.7 Å². The number of hydrogen-bond donors (Lipinski definition) is 1. The maximum absolute atomic E-state index is 12.9. The minimum absolute atomic E-state index is 0.122. The van der Waals surface area contributed by atoms with Gasteiger partial charge in [0, 0.05) is 12.5 Å². The summed E-state index contributed by atoms with van der Waals surface area (Å²) in [6.07, 6.45) is -1.37. The van der Waals surface area contributed by atoms with Gasteiger partial charge < -0.3 is 5.11 Å². The molecule has 1 N–H and O–H groups in total. The summed E-state index contributed by atoms with van der Waals surface area (Å²) in [5.74, 6) is -1.41. The van der Waals surface area contributed by atoms with Gasteiger partial charge in [0.25, 0.3) is 0 Å². The second kappa shape index (κ2) is 3.97. The van der Waals surface area contributed by atoms with Crippen molar-refractivity contribution in [3.8, 4) is 6.07 Å². The zero-order valence-corrected chi connectivity index (χ0v) is 6.67. The highest BCUT2D eigenvalue weighted by Crippen LogP contribution is 2.11. The molecule has 0 saturated carbocycles. The molecule has 13 heavy (non-hydrogen) atoms. The molecular weight excluding hydrogens is 176 g/mol. The number of hydrogen-bond acceptors (Lipinski definition) is 2. The van der Waals surface area contributed by atoms with Gasteiger partial charge in [-0.15, -0.1) is 0 Å². The molecule has 1 aromatic rings. The van der Waals surface area contributed by atoms with Crippen LogP contribution in [0.25, 0.3) is 0 Å². The first-order valence-corrected chi connectivity index (χ1v) is 3.65. The standard InChI is InChI=1S/C9H7F2NO/c10-7-2-1-6(9(11)4-7)3-8(13)5-12/h1-2,4,8,13H,3H2/t8-/m1/s1. The van der Waals surface area contributed by atoms with Crippen LogP contribution in [-0.2, 0) is 6.42 Å². The van der Waals surface area contributed by atoms with Crippen LogP contribution in [0.5, 0.6) is 0 Å². The Balaban J connectivity index is 2.85. The van der Waals surface area contributed by atoms with Gasteiger partial charge in [-0.25, -0.2) is 8.78 Å². The summed E-state index contributed by atoms with van der Waals surface area (Å²) in [5, 5.41) is 17.1. The molecule has 0 spiro atoms. The summed E-state index contributed by atoms with van der Waals surface area (Å²) in [5.41, 5.74) is 0.135. The Labute approximate surface area is 74.0 Å². The third-order valence-corrected chi connectivity index (χ3v) is 1.58. The van der Waals surface area contributed by atoms with E-state index >= 15 is 0 Å². The molecule has 4 heteroatoms. The van der Waals surface area contributed by atoms with E-state index in [1.807, 2.05) is 0 Å². The maximum Gasteiger partial charge on any atom is 0.144 e. The minimum Gasteiger partial charge on any atom is -0.378 e. The molecule has 0 aliphatic rings. The van der Waals surface area contributed by atoms with Crippen LogP contribution in [0.3, 0.4) is 0 Å². The molecular formula is C9H7F2NO. The minimum atomic E-state index is -1.25. The van der Waals surface area contributed by atoms with E-state index in [9.17, 15) is 8.78 Å². The van der Waals surface area contributed by atoms with Crippen molar-refractivity contribution in [1.29, 1.82) is 5.26 Å². The van der Waals surface area contributed by atoms with E-state index in [4.69, 9.17) is 10.4 Å². The molecule has 0 amide bonds. The zero-order chi connectivity index (χ0) is 9.84. The first-order valence-electron chi connectivity index (χ1n) is 3.65. The molecule has 2 nitrogen and oxygen atoms in total. The second-order valence-electron chi connectivity index (χ2n) is 2.58. The van der Waals surface area contributed by atoms with E-state index in [-0.39, 0.29) is 12.0 Å². The summed E-state index contributed by atoms with van der Waals surface area (Å²) < 4.78 is 25.3. The quantitative estimate of drug-likeness (QED) is 0.704. The molecule has 0 saturated heterocycles. The highest BCUT2D eigenvalue weighted by molar-refractivity contribution is 5.20. The van der Waals surface area contributed by atoms with Crippen LogP contribution in [0, 0.1) is 23.0 Å². The average Bonchev–Trinajstić information content (AvgIpc) is 2.09. The lowest BCUT2D eigenvalue weighted by Gasteiger charge is -2.03. The van der Waals surface area contributed by atoms with Crippen molar-refractivity contribution in [2.24, 2.45) is 0 Å². The number of halogens is 2. The van der Waals surface area contributed by atoms with E-state index in [0.29, 0.717) is 0 Å². The molecule has 0 aliphatic carbocycles. The first kappa shape index (κ1) is 9.62. The molecule has 68 valence electrons. The summed E-state index contributed by atoms with van der Waals surface area (Å²) in [6.45, 7) is 0. The molecule has 1 aromatic carbocycles. The summed E-state index contributed by atoms with van der Waals surface area (Å²) in [4.78, 5) is 0. The predicted molar refractivity (Wildman–Crippen MR) is 41.7 cm³/mol. The summed E-state index contributed by atoms with van der Waals surface area (Å²) in [7, 11) is 0. The van der Waals surface area contributed by atoms with Crippen molar-refractivity contribution < 1.29 is 13.9 Å². The smallest absolute Gasteiger partial charge is 0.144 e. The van der Waals surface area contributed by atoms with Crippen LogP contribution in [0.2, 0.25) is 0 Å². The molecule has 0 aromatic heterocycles. The zero-order valence-electron chi connectivity index (χ0n) is 6.67. The van der Waals surface area contributed by atoms with Crippen molar-refractivity contribution in [1.82, 2.24) is 0 Å². The van der Waals surface area contributed by atoms with Gasteiger partial charge >= 0.3 is 0 Å². The van der Waals surface area contributed by atoms with Crippen LogP contribution < -0.4 is 0 Å². The Morgan fingerprint density at radius 2 is 2.15 bits per heavy atom. The third-order valence-electron chi connectivity index (χ3n) is 1.58. The number of benzene rings is 1. The van der Waals surface area contributed by atoms with Gasteiger partial charge in [0.1, 0.15) is 17.7 Å². The molecule has 0 radical (unpaired) electrons. The van der Waals surface area contributed by atoms with Crippen LogP contribution in [0.1, 0.15) is 5.56 Å². The molecule has 0 fully saturated rings. The molecule has 1 rings (SSSR count). The van der Waals surface area contributed by atoms with Gasteiger partial charge in [0.15, 0.2) is 0 Å². The Hall–Kier alpha value is -1.47. The average molecular weight is 183 g/mol. The fourth-order valence-corrected chi connectivity index (χ4v) is 0.941. The van der Waals surface area contributed by atoms with Crippen molar-refractivity contribution in [3.05, 3.63) is 35.4 Å². The van der Waals surface area contributed by atoms with E-state index in [0.717, 1.165) is 12.1 Å². The van der Waals surface area contributed by atoms with Crippen LogP contribution in [0.4, 0.5) is 8.78 Å². The Kier molecular flexibility index (Phi) is 2.93. The topological polar surface area (TPSA) is 44.0 Å². The fraction of sp³-hybridized carbons (Fsp3) is 0.222. The van der Waals surface area contributed by atoms with E-state index in [2.05, 4.69) is 0 Å². The first-order chi connectivity index (χ1) is 6.13. The highest BCUT2D eigenvalue weighted by Gasteiger charge is 2.08. The lowest BCUT2D eigenvalue weighted by atomic mass is 10.1. The lowest BCUT2D eigenvalue weighted by molar-refractivity contribution is 0.229. The monoisotopic (exact) mass is 183 g/mol. The number of rotatable bonds is 2. The number of aliphatic hydroxyl groups is 1. The van der Waals surface area contributed by atoms with Crippen LogP contribution in [0.15, 0.2) is 18.2 Å². The van der Waals surface area contributed by atoms with Crippen LogP contribution in [-0.4, -0.2) is 11.2 Å². The predicted octanol–water partition coefficient (Wildman–Crippen LogP) is 1.39. The summed E-state index contributed by atoms with van der Waals surface area (Å²) >= 11 is 0. The molecule has 0 unspecified atom stereocenters. The SMILES string of the molecule is N#C[C@H](O)Cc1ccc(F)cc1F. The molecule has 0 aliphatic heterocycles. The summed E-state index contributed by atoms with van der Waals surface area (Å²) in [6, 6.07) is 4.57. The number of nitriles is 1. The van der Waals surface area contributed by atoms with E-state index in [1.165, 1.54) is 6.07 Å². The normalized spacial score (nSPS) is 12.2.